The summed E-state index contributed by atoms with van der Waals surface area (Å²) in [4.78, 5) is 24.9. The number of rotatable bonds is 6. The number of alkyl halides is 1. The molecule has 0 spiro atoms. The van der Waals surface area contributed by atoms with Gasteiger partial charge in [0.1, 0.15) is 18.8 Å². The Morgan fingerprint density at radius 1 is 0.968 bits per heavy atom. The zero-order chi connectivity index (χ0) is 22.0. The molecule has 0 aliphatic carbocycles. The van der Waals surface area contributed by atoms with Crippen LogP contribution in [0.15, 0.2) is 60.7 Å². The number of carbonyl (C=O) groups is 2. The lowest BCUT2D eigenvalue weighted by atomic mass is 10.1. The summed E-state index contributed by atoms with van der Waals surface area (Å²) in [6.07, 6.45) is -5.98. The van der Waals surface area contributed by atoms with Gasteiger partial charge in [-0.05, 0) is 38.1 Å². The van der Waals surface area contributed by atoms with Crippen molar-refractivity contribution >= 4 is 11.9 Å². The molecule has 5 atom stereocenters. The molecule has 164 valence electrons. The molecule has 2 heterocycles. The highest BCUT2D eigenvalue weighted by Crippen LogP contribution is 2.40. The smallest absolute Gasteiger partial charge is 0.338 e. The molecule has 2 aromatic rings. The van der Waals surface area contributed by atoms with Gasteiger partial charge in [0.25, 0.3) is 0 Å². The van der Waals surface area contributed by atoms with Crippen LogP contribution < -0.4 is 0 Å². The summed E-state index contributed by atoms with van der Waals surface area (Å²) in [7, 11) is 0. The lowest BCUT2D eigenvalue weighted by molar-refractivity contribution is -0.222. The molecule has 2 aliphatic heterocycles. The van der Waals surface area contributed by atoms with Gasteiger partial charge in [0.05, 0.1) is 11.1 Å². The highest BCUT2D eigenvalue weighted by Gasteiger charge is 2.58. The summed E-state index contributed by atoms with van der Waals surface area (Å²) >= 11 is 0. The Balaban J connectivity index is 1.49. The fourth-order valence-corrected chi connectivity index (χ4v) is 3.58. The normalized spacial score (nSPS) is 27.3. The van der Waals surface area contributed by atoms with Crippen molar-refractivity contribution in [1.82, 2.24) is 0 Å². The first kappa shape index (κ1) is 21.4. The number of esters is 2. The van der Waals surface area contributed by atoms with E-state index in [-0.39, 0.29) is 12.2 Å². The molecule has 2 saturated heterocycles. The molecule has 0 aromatic heterocycles. The van der Waals surface area contributed by atoms with Crippen LogP contribution in [-0.2, 0) is 23.7 Å². The molecular formula is C23H23FO7. The lowest BCUT2D eigenvalue weighted by Gasteiger charge is -2.27. The molecule has 31 heavy (non-hydrogen) atoms. The van der Waals surface area contributed by atoms with E-state index in [9.17, 15) is 9.59 Å². The van der Waals surface area contributed by atoms with E-state index in [1.54, 1.807) is 74.5 Å². The van der Waals surface area contributed by atoms with Gasteiger partial charge in [0.15, 0.2) is 24.4 Å². The SMILES string of the molecule is CC1(C)O[C@H]2O[C@@H]([C@@H](COC(=O)c3ccccc3)OC(=O)c3ccccc3)[C@@H](F)[C@H]2O1. The van der Waals surface area contributed by atoms with Crippen molar-refractivity contribution < 1.29 is 37.7 Å². The van der Waals surface area contributed by atoms with E-state index in [1.165, 1.54) is 0 Å². The second-order valence-electron chi connectivity index (χ2n) is 7.79. The third kappa shape index (κ3) is 4.76. The van der Waals surface area contributed by atoms with Gasteiger partial charge in [0.2, 0.25) is 0 Å². The van der Waals surface area contributed by atoms with E-state index in [0.29, 0.717) is 5.56 Å². The van der Waals surface area contributed by atoms with E-state index in [4.69, 9.17) is 23.7 Å². The minimum atomic E-state index is -1.64. The van der Waals surface area contributed by atoms with E-state index >= 15 is 4.39 Å². The van der Waals surface area contributed by atoms with Gasteiger partial charge in [-0.2, -0.15) is 0 Å². The molecule has 0 bridgehead atoms. The predicted molar refractivity (Wildman–Crippen MR) is 106 cm³/mol. The van der Waals surface area contributed by atoms with Crippen molar-refractivity contribution in [2.75, 3.05) is 6.61 Å². The van der Waals surface area contributed by atoms with Gasteiger partial charge < -0.3 is 23.7 Å². The van der Waals surface area contributed by atoms with Gasteiger partial charge in [-0.15, -0.1) is 0 Å². The van der Waals surface area contributed by atoms with Crippen molar-refractivity contribution in [2.24, 2.45) is 0 Å². The molecule has 0 N–H and O–H groups in total. The Bertz CT molecular complexity index is 918. The van der Waals surface area contributed by atoms with Gasteiger partial charge in [-0.3, -0.25) is 0 Å². The molecule has 0 radical (unpaired) electrons. The minimum Gasteiger partial charge on any atom is -0.458 e. The Morgan fingerprint density at radius 3 is 2.13 bits per heavy atom. The van der Waals surface area contributed by atoms with Crippen LogP contribution in [-0.4, -0.2) is 55.1 Å². The fourth-order valence-electron chi connectivity index (χ4n) is 3.58. The van der Waals surface area contributed by atoms with Crippen molar-refractivity contribution in [2.45, 2.75) is 50.4 Å². The quantitative estimate of drug-likeness (QED) is 0.651. The molecule has 4 rings (SSSR count). The number of hydrogen-bond acceptors (Lipinski definition) is 7. The van der Waals surface area contributed by atoms with Crippen LogP contribution in [0.5, 0.6) is 0 Å². The Hall–Kier alpha value is -2.81. The largest absolute Gasteiger partial charge is 0.458 e. The molecule has 2 aliphatic rings. The fraction of sp³-hybridized carbons (Fsp3) is 0.391. The van der Waals surface area contributed by atoms with Gasteiger partial charge in [-0.1, -0.05) is 36.4 Å². The maximum Gasteiger partial charge on any atom is 0.338 e. The number of hydrogen-bond donors (Lipinski definition) is 0. The molecule has 2 fully saturated rings. The van der Waals surface area contributed by atoms with Crippen LogP contribution in [0.25, 0.3) is 0 Å². The van der Waals surface area contributed by atoms with Crippen molar-refractivity contribution in [3.8, 4) is 0 Å². The van der Waals surface area contributed by atoms with Crippen molar-refractivity contribution in [1.29, 1.82) is 0 Å². The first-order valence-electron chi connectivity index (χ1n) is 9.97. The maximum absolute atomic E-state index is 15.2. The molecule has 0 saturated carbocycles. The average molecular weight is 430 g/mol. The van der Waals surface area contributed by atoms with Gasteiger partial charge in [-0.25, -0.2) is 14.0 Å². The molecule has 8 heteroatoms. The van der Waals surface area contributed by atoms with E-state index in [1.807, 2.05) is 0 Å². The Kier molecular flexibility index (Phi) is 6.04. The Labute approximate surface area is 179 Å². The van der Waals surface area contributed by atoms with Crippen LogP contribution in [0.4, 0.5) is 4.39 Å². The summed E-state index contributed by atoms with van der Waals surface area (Å²) in [6, 6.07) is 16.6. The molecule has 7 nitrogen and oxygen atoms in total. The highest BCUT2D eigenvalue weighted by molar-refractivity contribution is 5.90. The van der Waals surface area contributed by atoms with E-state index in [2.05, 4.69) is 0 Å². The highest BCUT2D eigenvalue weighted by atomic mass is 19.1. The van der Waals surface area contributed by atoms with E-state index in [0.717, 1.165) is 0 Å². The van der Waals surface area contributed by atoms with Crippen LogP contribution in [0, 0.1) is 0 Å². The molecule has 0 amide bonds. The van der Waals surface area contributed by atoms with Crippen molar-refractivity contribution in [3.63, 3.8) is 0 Å². The molecule has 0 unspecified atom stereocenters. The second-order valence-corrected chi connectivity index (χ2v) is 7.79. The number of benzene rings is 2. The monoisotopic (exact) mass is 430 g/mol. The molecule has 2 aromatic carbocycles. The number of ether oxygens (including phenoxy) is 5. The summed E-state index contributed by atoms with van der Waals surface area (Å²) in [5.41, 5.74) is 0.606. The topological polar surface area (TPSA) is 80.3 Å². The zero-order valence-electron chi connectivity index (χ0n) is 17.1. The third-order valence-electron chi connectivity index (χ3n) is 5.03. The maximum atomic E-state index is 15.2. The standard InChI is InChI=1S/C23H23FO7/c1-23(2)30-19-17(24)18(29-22(19)31-23)16(28-21(26)15-11-7-4-8-12-15)13-27-20(25)14-9-5-3-6-10-14/h3-12,16-19,22H,13H2,1-2H3/t16-,17-,18+,19-,22-/m1/s1. The number of fused-ring (bicyclic) bond motifs is 1. The zero-order valence-corrected chi connectivity index (χ0v) is 17.1. The second kappa shape index (κ2) is 8.74. The number of halogens is 1. The summed E-state index contributed by atoms with van der Waals surface area (Å²) < 4.78 is 42.8. The van der Waals surface area contributed by atoms with Gasteiger partial charge in [0, 0.05) is 0 Å². The molecular weight excluding hydrogens is 407 g/mol. The minimum absolute atomic E-state index is 0.282. The first-order valence-corrected chi connectivity index (χ1v) is 9.97. The number of carbonyl (C=O) groups excluding carboxylic acids is 2. The van der Waals surface area contributed by atoms with Crippen LogP contribution in [0.2, 0.25) is 0 Å². The summed E-state index contributed by atoms with van der Waals surface area (Å²) in [5, 5.41) is 0. The first-order chi connectivity index (χ1) is 14.8. The van der Waals surface area contributed by atoms with E-state index < -0.39 is 48.5 Å². The van der Waals surface area contributed by atoms with Crippen LogP contribution in [0.1, 0.15) is 34.6 Å². The summed E-state index contributed by atoms with van der Waals surface area (Å²) in [5.74, 6) is -2.29. The van der Waals surface area contributed by atoms with Crippen LogP contribution >= 0.6 is 0 Å². The Morgan fingerprint density at radius 2 is 1.55 bits per heavy atom. The van der Waals surface area contributed by atoms with Crippen LogP contribution in [0.3, 0.4) is 0 Å². The predicted octanol–water partition coefficient (Wildman–Crippen LogP) is 3.28. The third-order valence-corrected chi connectivity index (χ3v) is 5.03. The average Bonchev–Trinajstić information content (AvgIpc) is 3.24. The summed E-state index contributed by atoms with van der Waals surface area (Å²) in [6.45, 7) is 2.93. The lowest BCUT2D eigenvalue weighted by Crippen LogP contribution is -2.43. The van der Waals surface area contributed by atoms with Gasteiger partial charge >= 0.3 is 11.9 Å². The van der Waals surface area contributed by atoms with Crippen molar-refractivity contribution in [3.05, 3.63) is 71.8 Å².